The van der Waals surface area contributed by atoms with Crippen LogP contribution >= 0.6 is 0 Å². The molecule has 2 heteroatoms. The molecule has 2 rings (SSSR count). The molecule has 2 aliphatic carbocycles. The van der Waals surface area contributed by atoms with Crippen molar-refractivity contribution in [2.75, 3.05) is 0 Å². The number of aliphatic hydroxyl groups excluding tert-OH is 2. The van der Waals surface area contributed by atoms with Crippen LogP contribution in [0.4, 0.5) is 0 Å². The molecule has 0 spiro atoms. The van der Waals surface area contributed by atoms with Gasteiger partial charge in [-0.3, -0.25) is 0 Å². The maximum absolute atomic E-state index is 9.65. The maximum Gasteiger partial charge on any atom is 0.123 e. The van der Waals surface area contributed by atoms with Crippen LogP contribution < -0.4 is 0 Å². The van der Waals surface area contributed by atoms with Crippen LogP contribution in [0, 0.1) is 0 Å². The van der Waals surface area contributed by atoms with Gasteiger partial charge in [-0.15, -0.1) is 0 Å². The first-order valence-electron chi connectivity index (χ1n) is 4.35. The van der Waals surface area contributed by atoms with Crippen molar-refractivity contribution in [2.45, 2.75) is 0 Å². The fraction of sp³-hybridized carbons (Fsp3) is 0. The Hall–Kier alpha value is -1.96. The maximum atomic E-state index is 9.65. The van der Waals surface area contributed by atoms with E-state index >= 15 is 0 Å². The van der Waals surface area contributed by atoms with Crippen molar-refractivity contribution in [3.05, 3.63) is 71.3 Å². The number of allylic oxidation sites excluding steroid dienone is 9. The molecule has 2 nitrogen and oxygen atoms in total. The third kappa shape index (κ3) is 1.55. The smallest absolute Gasteiger partial charge is 0.123 e. The average Bonchev–Trinajstić information content (AvgIpc) is 2.41. The van der Waals surface area contributed by atoms with Gasteiger partial charge in [-0.2, -0.15) is 0 Å². The lowest BCUT2D eigenvalue weighted by molar-refractivity contribution is 0.425. The summed E-state index contributed by atoms with van der Waals surface area (Å²) in [6, 6.07) is 0. The highest BCUT2D eigenvalue weighted by Gasteiger charge is 2.10. The molecule has 0 aromatic carbocycles. The fourth-order valence-corrected chi connectivity index (χ4v) is 1.39. The van der Waals surface area contributed by atoms with E-state index in [4.69, 9.17) is 0 Å². The van der Waals surface area contributed by atoms with Gasteiger partial charge in [0.15, 0.2) is 0 Å². The third-order valence-corrected chi connectivity index (χ3v) is 2.06. The molecule has 0 aromatic rings. The average molecular weight is 186 g/mol. The quantitative estimate of drug-likeness (QED) is 0.610. The predicted octanol–water partition coefficient (Wildman–Crippen LogP) is 2.86. The second-order valence-corrected chi connectivity index (χ2v) is 3.07. The van der Waals surface area contributed by atoms with Gasteiger partial charge in [-0.1, -0.05) is 30.4 Å². The molecule has 0 amide bonds. The van der Waals surface area contributed by atoms with E-state index < -0.39 is 0 Å². The zero-order valence-electron chi connectivity index (χ0n) is 7.51. The molecular weight excluding hydrogens is 176 g/mol. The van der Waals surface area contributed by atoms with E-state index in [0.717, 1.165) is 11.1 Å². The first kappa shape index (κ1) is 8.63. The minimum absolute atomic E-state index is 0.186. The summed E-state index contributed by atoms with van der Waals surface area (Å²) in [5, 5.41) is 19.0. The number of hydrogen-bond donors (Lipinski definition) is 2. The van der Waals surface area contributed by atoms with Crippen LogP contribution in [0.3, 0.4) is 0 Å². The van der Waals surface area contributed by atoms with Crippen molar-refractivity contribution in [1.29, 1.82) is 0 Å². The lowest BCUT2D eigenvalue weighted by atomic mass is 10.0. The van der Waals surface area contributed by atoms with Gasteiger partial charge in [0, 0.05) is 5.57 Å². The Morgan fingerprint density at radius 1 is 0.857 bits per heavy atom. The van der Waals surface area contributed by atoms with Gasteiger partial charge in [0.1, 0.15) is 11.5 Å². The minimum Gasteiger partial charge on any atom is -0.508 e. The van der Waals surface area contributed by atoms with Crippen molar-refractivity contribution in [1.82, 2.24) is 0 Å². The van der Waals surface area contributed by atoms with Crippen molar-refractivity contribution in [3.8, 4) is 0 Å². The van der Waals surface area contributed by atoms with Crippen LogP contribution in [-0.2, 0) is 0 Å². The predicted molar refractivity (Wildman–Crippen MR) is 55.9 cm³/mol. The van der Waals surface area contributed by atoms with Gasteiger partial charge < -0.3 is 10.2 Å². The summed E-state index contributed by atoms with van der Waals surface area (Å²) >= 11 is 0. The Morgan fingerprint density at radius 2 is 1.64 bits per heavy atom. The number of hydrogen-bond acceptors (Lipinski definition) is 2. The third-order valence-electron chi connectivity index (χ3n) is 2.06. The summed E-state index contributed by atoms with van der Waals surface area (Å²) in [4.78, 5) is 0. The number of aliphatic hydroxyl groups is 2. The molecule has 0 heterocycles. The van der Waals surface area contributed by atoms with Gasteiger partial charge in [-0.05, 0) is 23.8 Å². The Kier molecular flexibility index (Phi) is 2.11. The first-order valence-corrected chi connectivity index (χ1v) is 4.35. The lowest BCUT2D eigenvalue weighted by Gasteiger charge is -2.04. The molecule has 0 atom stereocenters. The summed E-state index contributed by atoms with van der Waals surface area (Å²) in [5.74, 6) is 0.395. The normalized spacial score (nSPS) is 19.7. The standard InChI is InChI=1S/C12H10O2/c13-10-5-3-6-11-9(8-10)4-1-2-7-12(11)14/h1-8,13-14H. The van der Waals surface area contributed by atoms with Crippen LogP contribution in [0.2, 0.25) is 0 Å². The molecule has 0 unspecified atom stereocenters. The van der Waals surface area contributed by atoms with E-state index in [1.54, 1.807) is 36.5 Å². The van der Waals surface area contributed by atoms with E-state index in [1.807, 2.05) is 12.2 Å². The molecule has 0 bridgehead atoms. The van der Waals surface area contributed by atoms with Gasteiger partial charge in [0.2, 0.25) is 0 Å². The topological polar surface area (TPSA) is 40.5 Å². The highest BCUT2D eigenvalue weighted by molar-refractivity contribution is 5.56. The zero-order valence-corrected chi connectivity index (χ0v) is 7.51. The molecule has 70 valence electrons. The minimum atomic E-state index is 0.186. The summed E-state index contributed by atoms with van der Waals surface area (Å²) in [6.45, 7) is 0. The molecule has 0 fully saturated rings. The van der Waals surface area contributed by atoms with E-state index in [-0.39, 0.29) is 11.5 Å². The monoisotopic (exact) mass is 186 g/mol. The van der Waals surface area contributed by atoms with E-state index in [0.29, 0.717) is 0 Å². The second-order valence-electron chi connectivity index (χ2n) is 3.07. The molecule has 2 aliphatic rings. The fourth-order valence-electron chi connectivity index (χ4n) is 1.39. The van der Waals surface area contributed by atoms with E-state index in [1.165, 1.54) is 0 Å². The molecule has 0 aliphatic heterocycles. The summed E-state index contributed by atoms with van der Waals surface area (Å²) < 4.78 is 0. The van der Waals surface area contributed by atoms with Gasteiger partial charge in [-0.25, -0.2) is 0 Å². The van der Waals surface area contributed by atoms with E-state index in [9.17, 15) is 10.2 Å². The highest BCUT2D eigenvalue weighted by Crippen LogP contribution is 2.24. The van der Waals surface area contributed by atoms with Crippen LogP contribution in [0.15, 0.2) is 71.3 Å². The Morgan fingerprint density at radius 3 is 2.50 bits per heavy atom. The molecular formula is C12H10O2. The van der Waals surface area contributed by atoms with Crippen molar-refractivity contribution in [3.63, 3.8) is 0 Å². The molecule has 0 saturated carbocycles. The lowest BCUT2D eigenvalue weighted by Crippen LogP contribution is -1.90. The summed E-state index contributed by atoms with van der Waals surface area (Å²) in [7, 11) is 0. The number of rotatable bonds is 0. The Bertz CT molecular complexity index is 429. The van der Waals surface area contributed by atoms with Crippen LogP contribution in [0.1, 0.15) is 0 Å². The highest BCUT2D eigenvalue weighted by atomic mass is 16.3. The van der Waals surface area contributed by atoms with Crippen molar-refractivity contribution < 1.29 is 10.2 Å². The second kappa shape index (κ2) is 3.42. The first-order chi connectivity index (χ1) is 6.77. The Labute approximate surface area is 82.2 Å². The summed E-state index contributed by atoms with van der Waals surface area (Å²) in [6.07, 6.45) is 13.7. The van der Waals surface area contributed by atoms with Crippen LogP contribution in [-0.4, -0.2) is 10.2 Å². The van der Waals surface area contributed by atoms with Gasteiger partial charge >= 0.3 is 0 Å². The van der Waals surface area contributed by atoms with Gasteiger partial charge in [0.05, 0.1) is 0 Å². The molecule has 0 aromatic heterocycles. The van der Waals surface area contributed by atoms with E-state index in [2.05, 4.69) is 0 Å². The van der Waals surface area contributed by atoms with Crippen molar-refractivity contribution >= 4 is 0 Å². The SMILES string of the molecule is OC1=CC2=CC=CC=C(O)C2=CC=C1. The van der Waals surface area contributed by atoms with Crippen molar-refractivity contribution in [2.24, 2.45) is 0 Å². The molecule has 2 N–H and O–H groups in total. The molecule has 0 radical (unpaired) electrons. The number of fused-ring (bicyclic) bond motifs is 1. The molecule has 14 heavy (non-hydrogen) atoms. The zero-order chi connectivity index (χ0) is 9.97. The largest absolute Gasteiger partial charge is 0.508 e. The van der Waals surface area contributed by atoms with Crippen LogP contribution in [0.5, 0.6) is 0 Å². The van der Waals surface area contributed by atoms with Gasteiger partial charge in [0.25, 0.3) is 0 Å². The van der Waals surface area contributed by atoms with Crippen LogP contribution in [0.25, 0.3) is 0 Å². The molecule has 0 saturated heterocycles. The summed E-state index contributed by atoms with van der Waals surface area (Å²) in [5.41, 5.74) is 1.52. The Balaban J connectivity index is 2.55.